The molecule has 2 aromatic carbocycles. The van der Waals surface area contributed by atoms with E-state index in [1.54, 1.807) is 71.6 Å². The standard InChI is InChI=1S/C27H27BrN2O7S/c1-7-37-26(32)23-14(2)29-27-30(24(23)15-8-9-18(33-3)19(10-15)34-4)25(31)22(38-27)12-16-11-20(35-5)21(36-6)13-17(16)28/h8-13,24H,7H2,1-6H3/b22-12+/t24-/m0/s1. The van der Waals surface area contributed by atoms with E-state index in [2.05, 4.69) is 20.9 Å². The molecule has 0 fully saturated rings. The molecule has 9 nitrogen and oxygen atoms in total. The molecule has 0 aliphatic carbocycles. The number of hydrogen-bond donors (Lipinski definition) is 0. The maximum absolute atomic E-state index is 13.9. The lowest BCUT2D eigenvalue weighted by Gasteiger charge is -2.25. The molecule has 4 rings (SSSR count). The fraction of sp³-hybridized carbons (Fsp3) is 0.296. The van der Waals surface area contributed by atoms with Gasteiger partial charge in [-0.05, 0) is 55.3 Å². The van der Waals surface area contributed by atoms with Gasteiger partial charge >= 0.3 is 5.97 Å². The average molecular weight is 603 g/mol. The van der Waals surface area contributed by atoms with Gasteiger partial charge in [0, 0.05) is 4.47 Å². The summed E-state index contributed by atoms with van der Waals surface area (Å²) in [6.07, 6.45) is 1.75. The third kappa shape index (κ3) is 4.95. The van der Waals surface area contributed by atoms with Crippen molar-refractivity contribution in [1.82, 2.24) is 4.57 Å². The number of hydrogen-bond acceptors (Lipinski definition) is 9. The summed E-state index contributed by atoms with van der Waals surface area (Å²) in [4.78, 5) is 32.1. The topological polar surface area (TPSA) is 97.6 Å². The molecule has 0 amide bonds. The summed E-state index contributed by atoms with van der Waals surface area (Å²) >= 11 is 4.78. The van der Waals surface area contributed by atoms with Crippen LogP contribution in [0.15, 0.2) is 55.9 Å². The minimum atomic E-state index is -0.777. The Kier molecular flexibility index (Phi) is 8.27. The molecule has 1 aliphatic rings. The van der Waals surface area contributed by atoms with Crippen LogP contribution >= 0.6 is 27.3 Å². The largest absolute Gasteiger partial charge is 0.493 e. The van der Waals surface area contributed by atoms with Crippen molar-refractivity contribution in [3.8, 4) is 23.0 Å². The molecule has 1 aliphatic heterocycles. The second-order valence-electron chi connectivity index (χ2n) is 8.15. The number of benzene rings is 2. The maximum Gasteiger partial charge on any atom is 0.338 e. The molecule has 11 heteroatoms. The monoisotopic (exact) mass is 602 g/mol. The van der Waals surface area contributed by atoms with Gasteiger partial charge in [-0.2, -0.15) is 0 Å². The van der Waals surface area contributed by atoms with Gasteiger partial charge < -0.3 is 23.7 Å². The first kappa shape index (κ1) is 27.5. The quantitative estimate of drug-likeness (QED) is 0.363. The molecule has 0 unspecified atom stereocenters. The minimum Gasteiger partial charge on any atom is -0.493 e. The Bertz CT molecular complexity index is 1610. The van der Waals surface area contributed by atoms with Crippen molar-refractivity contribution >= 4 is 39.3 Å². The second-order valence-corrected chi connectivity index (χ2v) is 10.0. The van der Waals surface area contributed by atoms with Crippen LogP contribution in [-0.2, 0) is 9.53 Å². The van der Waals surface area contributed by atoms with E-state index in [9.17, 15) is 9.59 Å². The highest BCUT2D eigenvalue weighted by molar-refractivity contribution is 9.10. The molecule has 3 aromatic rings. The SMILES string of the molecule is CCOC(=O)C1=C(C)N=c2s/c(=C/c3cc(OC)c(OC)cc3Br)c(=O)n2[C@H]1c1ccc(OC)c(OC)c1. The predicted octanol–water partition coefficient (Wildman–Crippen LogP) is 3.60. The predicted molar refractivity (Wildman–Crippen MR) is 147 cm³/mol. The van der Waals surface area contributed by atoms with Crippen LogP contribution in [-0.4, -0.2) is 45.6 Å². The highest BCUT2D eigenvalue weighted by Gasteiger charge is 2.34. The van der Waals surface area contributed by atoms with Crippen molar-refractivity contribution in [2.75, 3.05) is 35.0 Å². The molecular formula is C27H27BrN2O7S. The summed E-state index contributed by atoms with van der Waals surface area (Å²) in [5, 5.41) is 0. The Morgan fingerprint density at radius 2 is 1.66 bits per heavy atom. The number of methoxy groups -OCH3 is 4. The molecule has 0 bridgehead atoms. The molecule has 1 atom stereocenters. The lowest BCUT2D eigenvalue weighted by Crippen LogP contribution is -2.40. The van der Waals surface area contributed by atoms with Crippen LogP contribution in [0.2, 0.25) is 0 Å². The first-order valence-corrected chi connectivity index (χ1v) is 13.2. The first-order chi connectivity index (χ1) is 18.3. The van der Waals surface area contributed by atoms with Crippen LogP contribution in [0.5, 0.6) is 23.0 Å². The van der Waals surface area contributed by atoms with Crippen LogP contribution in [0.4, 0.5) is 0 Å². The van der Waals surface area contributed by atoms with Crippen LogP contribution in [0.3, 0.4) is 0 Å². The molecular weight excluding hydrogens is 576 g/mol. The van der Waals surface area contributed by atoms with Crippen LogP contribution in [0, 0.1) is 0 Å². The van der Waals surface area contributed by atoms with E-state index in [1.165, 1.54) is 23.0 Å². The molecule has 200 valence electrons. The number of fused-ring (bicyclic) bond motifs is 1. The normalized spacial score (nSPS) is 15.0. The Morgan fingerprint density at radius 1 is 1.03 bits per heavy atom. The summed E-state index contributed by atoms with van der Waals surface area (Å²) < 4.78 is 29.7. The van der Waals surface area contributed by atoms with Gasteiger partial charge in [0.05, 0.1) is 56.9 Å². The molecule has 0 saturated carbocycles. The number of rotatable bonds is 8. The van der Waals surface area contributed by atoms with Gasteiger partial charge in [-0.1, -0.05) is 33.3 Å². The van der Waals surface area contributed by atoms with E-state index in [-0.39, 0.29) is 17.7 Å². The molecule has 0 N–H and O–H groups in total. The highest BCUT2D eigenvalue weighted by atomic mass is 79.9. The highest BCUT2D eigenvalue weighted by Crippen LogP contribution is 2.36. The Hall–Kier alpha value is -3.57. The minimum absolute atomic E-state index is 0.187. The first-order valence-electron chi connectivity index (χ1n) is 11.6. The maximum atomic E-state index is 13.9. The second kappa shape index (κ2) is 11.4. The molecule has 38 heavy (non-hydrogen) atoms. The number of allylic oxidation sites excluding steroid dienone is 1. The Labute approximate surface area is 231 Å². The van der Waals surface area contributed by atoms with Crippen LogP contribution in [0.25, 0.3) is 6.08 Å². The zero-order valence-corrected chi connectivity index (χ0v) is 24.2. The fourth-order valence-corrected chi connectivity index (χ4v) is 5.73. The summed E-state index contributed by atoms with van der Waals surface area (Å²) in [5.74, 6) is 1.55. The Morgan fingerprint density at radius 3 is 2.29 bits per heavy atom. The summed E-state index contributed by atoms with van der Waals surface area (Å²) in [6, 6.07) is 8.07. The van der Waals surface area contributed by atoms with E-state index in [1.807, 2.05) is 0 Å². The molecule has 0 spiro atoms. The smallest absolute Gasteiger partial charge is 0.338 e. The summed E-state index contributed by atoms with van der Waals surface area (Å²) in [5.41, 5.74) is 1.83. The molecule has 2 heterocycles. The Balaban J connectivity index is 1.97. The molecule has 0 radical (unpaired) electrons. The van der Waals surface area contributed by atoms with E-state index >= 15 is 0 Å². The number of carbonyl (C=O) groups excluding carboxylic acids is 1. The van der Waals surface area contributed by atoms with Gasteiger partial charge in [0.1, 0.15) is 0 Å². The van der Waals surface area contributed by atoms with Gasteiger partial charge in [0.15, 0.2) is 27.8 Å². The van der Waals surface area contributed by atoms with Gasteiger partial charge in [-0.15, -0.1) is 0 Å². The summed E-state index contributed by atoms with van der Waals surface area (Å²) in [7, 11) is 6.17. The summed E-state index contributed by atoms with van der Waals surface area (Å²) in [6.45, 7) is 3.66. The van der Waals surface area contributed by atoms with E-state index in [4.69, 9.17) is 23.7 Å². The van der Waals surface area contributed by atoms with Crippen molar-refractivity contribution in [2.24, 2.45) is 4.99 Å². The zero-order valence-electron chi connectivity index (χ0n) is 21.8. The van der Waals surface area contributed by atoms with Gasteiger partial charge in [0.2, 0.25) is 0 Å². The van der Waals surface area contributed by atoms with E-state index < -0.39 is 12.0 Å². The number of aromatic nitrogens is 1. The van der Waals surface area contributed by atoms with E-state index in [0.29, 0.717) is 43.6 Å². The lowest BCUT2D eigenvalue weighted by atomic mass is 9.95. The number of ether oxygens (including phenoxy) is 5. The van der Waals surface area contributed by atoms with Gasteiger partial charge in [-0.25, -0.2) is 9.79 Å². The number of carbonyl (C=O) groups is 1. The fourth-order valence-electron chi connectivity index (χ4n) is 4.25. The number of esters is 1. The van der Waals surface area contributed by atoms with E-state index in [0.717, 1.165) is 10.0 Å². The number of halogens is 1. The van der Waals surface area contributed by atoms with Crippen molar-refractivity contribution in [1.29, 1.82) is 0 Å². The average Bonchev–Trinajstić information content (AvgIpc) is 3.22. The third-order valence-electron chi connectivity index (χ3n) is 6.03. The lowest BCUT2D eigenvalue weighted by molar-refractivity contribution is -0.139. The number of nitrogens with zero attached hydrogens (tertiary/aromatic N) is 2. The van der Waals surface area contributed by atoms with Crippen molar-refractivity contribution < 1.29 is 28.5 Å². The van der Waals surface area contributed by atoms with Crippen LogP contribution in [0.1, 0.15) is 31.0 Å². The zero-order chi connectivity index (χ0) is 27.6. The molecule has 0 saturated heterocycles. The van der Waals surface area contributed by atoms with Gasteiger partial charge in [0.25, 0.3) is 5.56 Å². The van der Waals surface area contributed by atoms with Gasteiger partial charge in [-0.3, -0.25) is 9.36 Å². The third-order valence-corrected chi connectivity index (χ3v) is 7.70. The van der Waals surface area contributed by atoms with Crippen LogP contribution < -0.4 is 33.8 Å². The number of thiazole rings is 1. The van der Waals surface area contributed by atoms with Crippen molar-refractivity contribution in [3.63, 3.8) is 0 Å². The van der Waals surface area contributed by atoms with Crippen molar-refractivity contribution in [3.05, 3.63) is 76.9 Å². The molecule has 1 aromatic heterocycles. The van der Waals surface area contributed by atoms with Crippen molar-refractivity contribution in [2.45, 2.75) is 19.9 Å².